The Kier molecular flexibility index (Phi) is 4.99. The average molecular weight is 289 g/mol. The van der Waals surface area contributed by atoms with Crippen molar-refractivity contribution in [2.45, 2.75) is 52.0 Å². The van der Waals surface area contributed by atoms with E-state index in [1.165, 1.54) is 6.07 Å². The minimum atomic E-state index is -0.989. The number of benzene rings is 1. The molecule has 21 heavy (non-hydrogen) atoms. The van der Waals surface area contributed by atoms with Crippen molar-refractivity contribution in [1.29, 1.82) is 0 Å². The number of unbranched alkanes of at least 4 members (excludes halogenated alkanes) is 1. The number of aromatic carboxylic acids is 1. The standard InChI is InChI=1S/C17H23NO3/c1-3-4-6-15-7-5-8-18(15)16(19)13-9-12(2)10-14(11-13)17(20)21/h9-11,15H,3-8H2,1-2H3,(H,20,21)/t15-/m0/s1. The first-order valence-corrected chi connectivity index (χ1v) is 7.69. The van der Waals surface area contributed by atoms with Gasteiger partial charge in [0.25, 0.3) is 5.91 Å². The summed E-state index contributed by atoms with van der Waals surface area (Å²) >= 11 is 0. The molecule has 0 spiro atoms. The van der Waals surface area contributed by atoms with Gasteiger partial charge in [-0.1, -0.05) is 19.8 Å². The highest BCUT2D eigenvalue weighted by atomic mass is 16.4. The molecule has 1 aliphatic heterocycles. The lowest BCUT2D eigenvalue weighted by molar-refractivity contribution is 0.0696. The third-order valence-corrected chi connectivity index (χ3v) is 4.10. The minimum Gasteiger partial charge on any atom is -0.478 e. The largest absolute Gasteiger partial charge is 0.478 e. The van der Waals surface area contributed by atoms with Crippen LogP contribution in [0.5, 0.6) is 0 Å². The molecule has 1 saturated heterocycles. The molecule has 4 nitrogen and oxygen atoms in total. The first-order valence-electron chi connectivity index (χ1n) is 7.69. The van der Waals surface area contributed by atoms with Crippen LogP contribution in [0.4, 0.5) is 0 Å². The summed E-state index contributed by atoms with van der Waals surface area (Å²) in [6.07, 6.45) is 5.40. The fraction of sp³-hybridized carbons (Fsp3) is 0.529. The second-order valence-electron chi connectivity index (χ2n) is 5.83. The quantitative estimate of drug-likeness (QED) is 0.902. The van der Waals surface area contributed by atoms with Crippen LogP contribution in [0, 0.1) is 6.92 Å². The van der Waals surface area contributed by atoms with E-state index >= 15 is 0 Å². The number of rotatable bonds is 5. The lowest BCUT2D eigenvalue weighted by atomic mass is 10.0. The van der Waals surface area contributed by atoms with Gasteiger partial charge in [-0.05, 0) is 49.9 Å². The Morgan fingerprint density at radius 2 is 2.00 bits per heavy atom. The minimum absolute atomic E-state index is 0.0280. The number of carbonyl (C=O) groups is 2. The molecule has 1 aromatic rings. The molecule has 0 aliphatic carbocycles. The molecule has 0 bridgehead atoms. The Balaban J connectivity index is 2.21. The Hall–Kier alpha value is -1.84. The van der Waals surface area contributed by atoms with Gasteiger partial charge in [0.05, 0.1) is 5.56 Å². The summed E-state index contributed by atoms with van der Waals surface area (Å²) in [7, 11) is 0. The molecule has 4 heteroatoms. The van der Waals surface area contributed by atoms with E-state index in [-0.39, 0.29) is 11.5 Å². The van der Waals surface area contributed by atoms with Crippen molar-refractivity contribution < 1.29 is 14.7 Å². The van der Waals surface area contributed by atoms with Gasteiger partial charge < -0.3 is 10.0 Å². The molecule has 0 aromatic heterocycles. The smallest absolute Gasteiger partial charge is 0.335 e. The molecule has 0 radical (unpaired) electrons. The first kappa shape index (κ1) is 15.5. The van der Waals surface area contributed by atoms with Gasteiger partial charge in [0.1, 0.15) is 0 Å². The van der Waals surface area contributed by atoms with E-state index in [0.717, 1.165) is 44.2 Å². The number of hydrogen-bond donors (Lipinski definition) is 1. The van der Waals surface area contributed by atoms with Crippen molar-refractivity contribution >= 4 is 11.9 Å². The van der Waals surface area contributed by atoms with Crippen LogP contribution in [-0.2, 0) is 0 Å². The van der Waals surface area contributed by atoms with Crippen molar-refractivity contribution in [3.63, 3.8) is 0 Å². The maximum Gasteiger partial charge on any atom is 0.335 e. The van der Waals surface area contributed by atoms with E-state index < -0.39 is 5.97 Å². The predicted octanol–water partition coefficient (Wildman–Crippen LogP) is 3.49. The normalized spacial score (nSPS) is 18.0. The summed E-state index contributed by atoms with van der Waals surface area (Å²) in [5.74, 6) is -1.02. The molecule has 1 amide bonds. The predicted molar refractivity (Wildman–Crippen MR) is 81.7 cm³/mol. The van der Waals surface area contributed by atoms with Gasteiger partial charge in [0, 0.05) is 18.2 Å². The van der Waals surface area contributed by atoms with Crippen LogP contribution in [0.25, 0.3) is 0 Å². The van der Waals surface area contributed by atoms with Crippen LogP contribution in [0.3, 0.4) is 0 Å². The SMILES string of the molecule is CCCC[C@H]1CCCN1C(=O)c1cc(C)cc(C(=O)O)c1. The topological polar surface area (TPSA) is 57.6 Å². The molecule has 1 N–H and O–H groups in total. The second-order valence-corrected chi connectivity index (χ2v) is 5.83. The molecule has 0 unspecified atom stereocenters. The van der Waals surface area contributed by atoms with Crippen molar-refractivity contribution in [2.24, 2.45) is 0 Å². The summed E-state index contributed by atoms with van der Waals surface area (Å²) in [4.78, 5) is 25.7. The fourth-order valence-electron chi connectivity index (χ4n) is 3.04. The highest BCUT2D eigenvalue weighted by Crippen LogP contribution is 2.24. The molecule has 1 atom stereocenters. The van der Waals surface area contributed by atoms with E-state index in [2.05, 4.69) is 6.92 Å². The number of nitrogens with zero attached hydrogens (tertiary/aromatic N) is 1. The van der Waals surface area contributed by atoms with Crippen molar-refractivity contribution in [1.82, 2.24) is 4.90 Å². The summed E-state index contributed by atoms with van der Waals surface area (Å²) in [6, 6.07) is 5.18. The van der Waals surface area contributed by atoms with Crippen LogP contribution in [0.15, 0.2) is 18.2 Å². The van der Waals surface area contributed by atoms with E-state index in [0.29, 0.717) is 11.6 Å². The van der Waals surface area contributed by atoms with Gasteiger partial charge >= 0.3 is 5.97 Å². The van der Waals surface area contributed by atoms with Gasteiger partial charge in [0.15, 0.2) is 0 Å². The number of hydrogen-bond acceptors (Lipinski definition) is 2. The number of carboxylic acids is 1. The van der Waals surface area contributed by atoms with Crippen LogP contribution in [-0.4, -0.2) is 34.5 Å². The van der Waals surface area contributed by atoms with Gasteiger partial charge in [-0.2, -0.15) is 0 Å². The van der Waals surface area contributed by atoms with Crippen LogP contribution < -0.4 is 0 Å². The number of amides is 1. The third-order valence-electron chi connectivity index (χ3n) is 4.10. The summed E-state index contributed by atoms with van der Waals surface area (Å²) in [5.41, 5.74) is 1.49. The van der Waals surface area contributed by atoms with Gasteiger partial charge in [0.2, 0.25) is 0 Å². The molecule has 1 aliphatic rings. The second kappa shape index (κ2) is 6.74. The zero-order valence-corrected chi connectivity index (χ0v) is 12.8. The lowest BCUT2D eigenvalue weighted by Gasteiger charge is -2.25. The van der Waals surface area contributed by atoms with E-state index in [1.54, 1.807) is 12.1 Å². The molecule has 1 heterocycles. The molecular formula is C17H23NO3. The zero-order valence-electron chi connectivity index (χ0n) is 12.8. The molecule has 0 saturated carbocycles. The van der Waals surface area contributed by atoms with Gasteiger partial charge in [-0.3, -0.25) is 4.79 Å². The van der Waals surface area contributed by atoms with E-state index in [4.69, 9.17) is 5.11 Å². The molecule has 114 valence electrons. The first-order chi connectivity index (χ1) is 10.0. The molecule has 2 rings (SSSR count). The fourth-order valence-corrected chi connectivity index (χ4v) is 3.04. The highest BCUT2D eigenvalue weighted by molar-refractivity contribution is 5.98. The van der Waals surface area contributed by atoms with Crippen LogP contribution in [0.1, 0.15) is 65.3 Å². The van der Waals surface area contributed by atoms with Gasteiger partial charge in [-0.25, -0.2) is 4.79 Å². The van der Waals surface area contributed by atoms with Crippen LogP contribution in [0.2, 0.25) is 0 Å². The van der Waals surface area contributed by atoms with Gasteiger partial charge in [-0.15, -0.1) is 0 Å². The third kappa shape index (κ3) is 3.63. The molecule has 1 aromatic carbocycles. The van der Waals surface area contributed by atoms with Crippen molar-refractivity contribution in [3.8, 4) is 0 Å². The number of carbonyl (C=O) groups excluding carboxylic acids is 1. The van der Waals surface area contributed by atoms with E-state index in [1.807, 2.05) is 11.8 Å². The molecular weight excluding hydrogens is 266 g/mol. The summed E-state index contributed by atoms with van der Waals surface area (Å²) in [6.45, 7) is 4.76. The monoisotopic (exact) mass is 289 g/mol. The Morgan fingerprint density at radius 1 is 1.29 bits per heavy atom. The number of likely N-dealkylation sites (tertiary alicyclic amines) is 1. The zero-order chi connectivity index (χ0) is 15.4. The Labute approximate surface area is 125 Å². The maximum atomic E-state index is 12.7. The van der Waals surface area contributed by atoms with Crippen molar-refractivity contribution in [2.75, 3.05) is 6.54 Å². The number of aryl methyl sites for hydroxylation is 1. The molecule has 1 fully saturated rings. The van der Waals surface area contributed by atoms with Crippen molar-refractivity contribution in [3.05, 3.63) is 34.9 Å². The lowest BCUT2D eigenvalue weighted by Crippen LogP contribution is -2.35. The Bertz CT molecular complexity index is 539. The summed E-state index contributed by atoms with van der Waals surface area (Å²) < 4.78 is 0. The summed E-state index contributed by atoms with van der Waals surface area (Å²) in [5, 5.41) is 9.12. The highest BCUT2D eigenvalue weighted by Gasteiger charge is 2.29. The maximum absolute atomic E-state index is 12.7. The average Bonchev–Trinajstić information content (AvgIpc) is 2.91. The van der Waals surface area contributed by atoms with Crippen LogP contribution >= 0.6 is 0 Å². The number of carboxylic acid groups (broad SMARTS) is 1. The van der Waals surface area contributed by atoms with E-state index in [9.17, 15) is 9.59 Å². The Morgan fingerprint density at radius 3 is 2.67 bits per heavy atom.